The van der Waals surface area contributed by atoms with Crippen LogP contribution in [0.2, 0.25) is 10.0 Å². The third kappa shape index (κ3) is 1.35. The number of carbonyl (C=O) groups is 2. The molecule has 2 amide bonds. The van der Waals surface area contributed by atoms with Gasteiger partial charge < -0.3 is 0 Å². The number of hydrogen-bond donors (Lipinski definition) is 0. The highest BCUT2D eigenvalue weighted by atomic mass is 35.5. The fraction of sp³-hybridized carbons (Fsp3) is 0.412. The molecule has 112 valence electrons. The summed E-state index contributed by atoms with van der Waals surface area (Å²) in [5.41, 5.74) is 0.757. The Morgan fingerprint density at radius 3 is 2.05 bits per heavy atom. The normalized spacial score (nSPS) is 36.5. The van der Waals surface area contributed by atoms with Gasteiger partial charge in [-0.2, -0.15) is 0 Å². The maximum Gasteiger partial charge on any atom is 0.238 e. The van der Waals surface area contributed by atoms with Crippen molar-refractivity contribution in [3.63, 3.8) is 0 Å². The summed E-state index contributed by atoms with van der Waals surface area (Å²) in [6.45, 7) is 0. The number of rotatable bonds is 1. The molecule has 0 aromatic heterocycles. The maximum absolute atomic E-state index is 12.9. The smallest absolute Gasteiger partial charge is 0.238 e. The van der Waals surface area contributed by atoms with Gasteiger partial charge in [-0.25, -0.2) is 4.90 Å². The molecule has 5 rings (SSSR count). The molecule has 3 nitrogen and oxygen atoms in total. The van der Waals surface area contributed by atoms with Crippen molar-refractivity contribution in [2.45, 2.75) is 12.8 Å². The Morgan fingerprint density at radius 2 is 1.55 bits per heavy atom. The molecule has 22 heavy (non-hydrogen) atoms. The first-order valence-corrected chi connectivity index (χ1v) is 8.31. The summed E-state index contributed by atoms with van der Waals surface area (Å²) in [5, 5.41) is 0.778. The second-order valence-corrected chi connectivity index (χ2v) is 7.65. The van der Waals surface area contributed by atoms with Crippen LogP contribution in [0.1, 0.15) is 12.8 Å². The lowest BCUT2D eigenvalue weighted by molar-refractivity contribution is -0.123. The van der Waals surface area contributed by atoms with Crippen LogP contribution in [0.4, 0.5) is 5.69 Å². The monoisotopic (exact) mass is 333 g/mol. The lowest BCUT2D eigenvalue weighted by atomic mass is 9.85. The van der Waals surface area contributed by atoms with E-state index in [2.05, 4.69) is 12.2 Å². The van der Waals surface area contributed by atoms with E-state index in [9.17, 15) is 9.59 Å². The average Bonchev–Trinajstić information content (AvgIpc) is 3.08. The summed E-state index contributed by atoms with van der Waals surface area (Å²) in [7, 11) is 0. The number of carbonyl (C=O) groups excluding carboxylic acids is 2. The number of fused-ring (bicyclic) bond motifs is 3. The van der Waals surface area contributed by atoms with E-state index < -0.39 is 0 Å². The van der Waals surface area contributed by atoms with Gasteiger partial charge in [-0.05, 0) is 48.3 Å². The van der Waals surface area contributed by atoms with Crippen LogP contribution >= 0.6 is 23.2 Å². The van der Waals surface area contributed by atoms with Crippen molar-refractivity contribution in [3.05, 3.63) is 40.4 Å². The highest BCUT2D eigenvalue weighted by Crippen LogP contribution is 2.73. The first kappa shape index (κ1) is 13.1. The Bertz CT molecular complexity index is 734. The van der Waals surface area contributed by atoms with Crippen molar-refractivity contribution in [2.75, 3.05) is 4.90 Å². The number of imide groups is 1. The third-order valence-electron chi connectivity index (χ3n) is 6.01. The molecule has 5 heteroatoms. The number of hydrogen-bond acceptors (Lipinski definition) is 2. The molecular formula is C17H13Cl2NO2. The maximum atomic E-state index is 12.9. The molecule has 2 saturated carbocycles. The van der Waals surface area contributed by atoms with E-state index in [1.165, 1.54) is 4.90 Å². The van der Waals surface area contributed by atoms with E-state index in [0.29, 0.717) is 15.7 Å². The molecule has 1 saturated heterocycles. The molecule has 1 aliphatic heterocycles. The Morgan fingerprint density at radius 1 is 0.955 bits per heavy atom. The van der Waals surface area contributed by atoms with Crippen molar-refractivity contribution in [3.8, 4) is 0 Å². The molecule has 4 unspecified atom stereocenters. The average molecular weight is 334 g/mol. The molecule has 0 N–H and O–H groups in total. The van der Waals surface area contributed by atoms with Crippen LogP contribution in [-0.2, 0) is 9.59 Å². The van der Waals surface area contributed by atoms with Crippen LogP contribution in [-0.4, -0.2) is 11.8 Å². The van der Waals surface area contributed by atoms with Crippen molar-refractivity contribution in [1.29, 1.82) is 0 Å². The van der Waals surface area contributed by atoms with Crippen LogP contribution in [0.5, 0.6) is 0 Å². The Hall–Kier alpha value is -1.32. The number of amides is 2. The Labute approximate surface area is 137 Å². The lowest BCUT2D eigenvalue weighted by Crippen LogP contribution is -2.34. The molecule has 4 aliphatic rings. The quantitative estimate of drug-likeness (QED) is 0.580. The van der Waals surface area contributed by atoms with Gasteiger partial charge in [-0.15, -0.1) is 0 Å². The first-order chi connectivity index (χ1) is 10.5. The molecule has 1 aromatic rings. The van der Waals surface area contributed by atoms with Gasteiger partial charge in [0.2, 0.25) is 11.8 Å². The van der Waals surface area contributed by atoms with Crippen molar-refractivity contribution in [1.82, 2.24) is 0 Å². The number of nitrogens with zero attached hydrogens (tertiary/aromatic N) is 1. The first-order valence-electron chi connectivity index (χ1n) is 7.56. The summed E-state index contributed by atoms with van der Waals surface area (Å²) < 4.78 is 0. The molecule has 1 aromatic carbocycles. The summed E-state index contributed by atoms with van der Waals surface area (Å²) >= 11 is 12.0. The van der Waals surface area contributed by atoms with Crippen molar-refractivity contribution < 1.29 is 9.59 Å². The van der Waals surface area contributed by atoms with E-state index in [4.69, 9.17) is 23.2 Å². The van der Waals surface area contributed by atoms with Gasteiger partial charge in [0, 0.05) is 0 Å². The van der Waals surface area contributed by atoms with Gasteiger partial charge in [-0.3, -0.25) is 9.59 Å². The largest absolute Gasteiger partial charge is 0.274 e. The summed E-state index contributed by atoms with van der Waals surface area (Å²) in [4.78, 5) is 27.1. The Kier molecular flexibility index (Phi) is 2.36. The van der Waals surface area contributed by atoms with Gasteiger partial charge >= 0.3 is 0 Å². The molecule has 0 radical (unpaired) electrons. The molecule has 3 fully saturated rings. The van der Waals surface area contributed by atoms with E-state index in [0.717, 1.165) is 12.8 Å². The zero-order valence-corrected chi connectivity index (χ0v) is 13.1. The predicted octanol–water partition coefficient (Wildman–Crippen LogP) is 3.70. The number of halogens is 2. The van der Waals surface area contributed by atoms with Crippen LogP contribution in [0.15, 0.2) is 30.4 Å². The minimum Gasteiger partial charge on any atom is -0.274 e. The fourth-order valence-corrected chi connectivity index (χ4v) is 5.25. The highest BCUT2D eigenvalue weighted by Gasteiger charge is 2.73. The minimum absolute atomic E-state index is 0.0727. The fourth-order valence-electron chi connectivity index (χ4n) is 4.96. The predicted molar refractivity (Wildman–Crippen MR) is 83.7 cm³/mol. The molecular weight excluding hydrogens is 321 g/mol. The van der Waals surface area contributed by atoms with Crippen LogP contribution < -0.4 is 4.90 Å². The lowest BCUT2D eigenvalue weighted by Gasteiger charge is -2.22. The molecule has 1 spiro atoms. The van der Waals surface area contributed by atoms with Crippen LogP contribution in [0.3, 0.4) is 0 Å². The summed E-state index contributed by atoms with van der Waals surface area (Å²) in [5.74, 6) is -0.0228. The van der Waals surface area contributed by atoms with Crippen molar-refractivity contribution >= 4 is 40.7 Å². The molecule has 3 aliphatic carbocycles. The highest BCUT2D eigenvalue weighted by molar-refractivity contribution is 6.42. The van der Waals surface area contributed by atoms with Gasteiger partial charge in [0.1, 0.15) is 0 Å². The van der Waals surface area contributed by atoms with Gasteiger partial charge in [0.25, 0.3) is 0 Å². The third-order valence-corrected chi connectivity index (χ3v) is 6.75. The van der Waals surface area contributed by atoms with Gasteiger partial charge in [-0.1, -0.05) is 35.4 Å². The molecule has 1 heterocycles. The van der Waals surface area contributed by atoms with Crippen LogP contribution in [0.25, 0.3) is 0 Å². The number of benzene rings is 1. The standard InChI is InChI=1S/C17H13Cl2NO2/c18-11-4-1-8(7-12(11)19)20-15(21)13-9-2-3-10(14(13)16(20)22)17(9)5-6-17/h1-4,7,9-10,13-14H,5-6H2. The second-order valence-electron chi connectivity index (χ2n) is 6.83. The topological polar surface area (TPSA) is 37.4 Å². The zero-order valence-electron chi connectivity index (χ0n) is 11.6. The van der Waals surface area contributed by atoms with Crippen molar-refractivity contribution in [2.24, 2.45) is 29.1 Å². The van der Waals surface area contributed by atoms with E-state index in [1.54, 1.807) is 18.2 Å². The van der Waals surface area contributed by atoms with Gasteiger partial charge in [0.15, 0.2) is 0 Å². The zero-order chi connectivity index (χ0) is 15.2. The van der Waals surface area contributed by atoms with Crippen LogP contribution in [0, 0.1) is 29.1 Å². The molecule has 2 bridgehead atoms. The van der Waals surface area contributed by atoms with E-state index >= 15 is 0 Å². The summed E-state index contributed by atoms with van der Waals surface area (Å²) in [6.07, 6.45) is 6.63. The summed E-state index contributed by atoms with van der Waals surface area (Å²) in [6, 6.07) is 4.92. The van der Waals surface area contributed by atoms with Gasteiger partial charge in [0.05, 0.1) is 27.6 Å². The SMILES string of the molecule is O=C1C2C(C(=O)N1c1ccc(Cl)c(Cl)c1)C1C=CC2C12CC2. The van der Waals surface area contributed by atoms with E-state index in [-0.39, 0.29) is 40.9 Å². The number of anilines is 1. The molecule has 4 atom stereocenters. The number of allylic oxidation sites excluding steroid dienone is 2. The Balaban J connectivity index is 1.57. The van der Waals surface area contributed by atoms with E-state index in [1.807, 2.05) is 0 Å². The minimum atomic E-state index is -0.181. The second kappa shape index (κ2) is 3.95.